The van der Waals surface area contributed by atoms with Crippen LogP contribution in [0.4, 0.5) is 29.5 Å². The Morgan fingerprint density at radius 1 is 0.906 bits per heavy atom. The fraction of sp³-hybridized carbons (Fsp3) is 0.227. The molecule has 1 aliphatic heterocycles. The summed E-state index contributed by atoms with van der Waals surface area (Å²) in [5.74, 6) is 0. The van der Waals surface area contributed by atoms with Crippen molar-refractivity contribution < 1.29 is 17.9 Å². The monoisotopic (exact) mass is 474 g/mol. The van der Waals surface area contributed by atoms with Crippen LogP contribution in [0.2, 0.25) is 0 Å². The van der Waals surface area contributed by atoms with Crippen molar-refractivity contribution in [1.82, 2.24) is 4.98 Å². The van der Waals surface area contributed by atoms with Crippen LogP contribution in [0.1, 0.15) is 5.56 Å². The van der Waals surface area contributed by atoms with Crippen molar-refractivity contribution in [3.8, 4) is 10.6 Å². The molecule has 5 nitrogen and oxygen atoms in total. The van der Waals surface area contributed by atoms with Gasteiger partial charge in [0.25, 0.3) is 0 Å². The van der Waals surface area contributed by atoms with E-state index in [1.54, 1.807) is 11.3 Å². The number of nitrogens with zero attached hydrogens (tertiary/aromatic N) is 4. The van der Waals surface area contributed by atoms with Gasteiger partial charge in [-0.15, -0.1) is 21.6 Å². The quantitative estimate of drug-likeness (QED) is 0.292. The highest BCUT2D eigenvalue weighted by Gasteiger charge is 2.29. The molecule has 1 saturated heterocycles. The highest BCUT2D eigenvalue weighted by atomic mass is 32.1. The SMILES string of the molecule is FC(F)(F)c1ccc(N=Nc2cc3sc(-c4ccc(N5CCOCC5)cc4)nc3s2)cc1. The second-order valence-corrected chi connectivity index (χ2v) is 9.20. The van der Waals surface area contributed by atoms with Gasteiger partial charge in [0, 0.05) is 24.3 Å². The molecule has 2 aromatic heterocycles. The number of morpholine rings is 1. The van der Waals surface area contributed by atoms with Gasteiger partial charge >= 0.3 is 6.18 Å². The van der Waals surface area contributed by atoms with E-state index in [1.807, 2.05) is 6.07 Å². The van der Waals surface area contributed by atoms with Gasteiger partial charge in [0.15, 0.2) is 0 Å². The molecule has 0 saturated carbocycles. The minimum absolute atomic E-state index is 0.365. The molecule has 0 radical (unpaired) electrons. The average Bonchev–Trinajstić information content (AvgIpc) is 3.37. The molecule has 1 aliphatic rings. The first-order valence-electron chi connectivity index (χ1n) is 9.88. The lowest BCUT2D eigenvalue weighted by Crippen LogP contribution is -2.36. The first kappa shape index (κ1) is 21.0. The summed E-state index contributed by atoms with van der Waals surface area (Å²) in [6.45, 7) is 3.30. The average molecular weight is 475 g/mol. The molecule has 0 unspecified atom stereocenters. The number of azo groups is 1. The number of alkyl halides is 3. The van der Waals surface area contributed by atoms with E-state index < -0.39 is 11.7 Å². The molecule has 164 valence electrons. The molecule has 1 fully saturated rings. The Labute approximate surface area is 189 Å². The number of aromatic nitrogens is 1. The Balaban J connectivity index is 1.29. The topological polar surface area (TPSA) is 50.1 Å². The van der Waals surface area contributed by atoms with Crippen LogP contribution < -0.4 is 4.90 Å². The summed E-state index contributed by atoms with van der Waals surface area (Å²) in [4.78, 5) is 7.89. The van der Waals surface area contributed by atoms with Crippen LogP contribution in [0.25, 0.3) is 20.1 Å². The smallest absolute Gasteiger partial charge is 0.378 e. The van der Waals surface area contributed by atoms with Crippen LogP contribution in [0, 0.1) is 0 Å². The molecule has 3 heterocycles. The van der Waals surface area contributed by atoms with E-state index in [0.717, 1.165) is 58.5 Å². The van der Waals surface area contributed by atoms with Crippen LogP contribution in [0.15, 0.2) is 64.8 Å². The molecule has 0 aliphatic carbocycles. The number of anilines is 1. The predicted molar refractivity (Wildman–Crippen MR) is 122 cm³/mol. The summed E-state index contributed by atoms with van der Waals surface area (Å²) >= 11 is 2.98. The summed E-state index contributed by atoms with van der Waals surface area (Å²) in [6.07, 6.45) is -4.36. The first-order chi connectivity index (χ1) is 15.5. The van der Waals surface area contributed by atoms with Gasteiger partial charge in [-0.1, -0.05) is 11.3 Å². The van der Waals surface area contributed by atoms with Crippen LogP contribution in [0.3, 0.4) is 0 Å². The molecule has 0 amide bonds. The van der Waals surface area contributed by atoms with Crippen molar-refractivity contribution in [2.24, 2.45) is 10.2 Å². The Bertz CT molecular complexity index is 1210. The number of hydrogen-bond acceptors (Lipinski definition) is 7. The Morgan fingerprint density at radius 2 is 1.62 bits per heavy atom. The maximum Gasteiger partial charge on any atom is 0.416 e. The van der Waals surface area contributed by atoms with Crippen LogP contribution in [-0.2, 0) is 10.9 Å². The lowest BCUT2D eigenvalue weighted by atomic mass is 10.2. The number of rotatable bonds is 4. The Kier molecular flexibility index (Phi) is 5.66. The van der Waals surface area contributed by atoms with E-state index in [9.17, 15) is 13.2 Å². The van der Waals surface area contributed by atoms with E-state index in [0.29, 0.717) is 10.7 Å². The second kappa shape index (κ2) is 8.61. The fourth-order valence-corrected chi connectivity index (χ4v) is 5.39. The molecule has 0 atom stereocenters. The number of fused-ring (bicyclic) bond motifs is 1. The summed E-state index contributed by atoms with van der Waals surface area (Å²) < 4.78 is 44.4. The first-order valence-corrected chi connectivity index (χ1v) is 11.5. The zero-order chi connectivity index (χ0) is 22.1. The highest BCUT2D eigenvalue weighted by Crippen LogP contribution is 2.39. The van der Waals surface area contributed by atoms with E-state index in [4.69, 9.17) is 9.72 Å². The minimum atomic E-state index is -4.36. The predicted octanol–water partition coefficient (Wildman–Crippen LogP) is 7.30. The number of halogens is 3. The molecule has 0 spiro atoms. The van der Waals surface area contributed by atoms with Crippen molar-refractivity contribution in [1.29, 1.82) is 0 Å². The molecular formula is C22H17F3N4OS2. The molecule has 32 heavy (non-hydrogen) atoms. The maximum atomic E-state index is 12.6. The van der Waals surface area contributed by atoms with Gasteiger partial charge in [0.1, 0.15) is 14.8 Å². The molecule has 10 heteroatoms. The van der Waals surface area contributed by atoms with Crippen molar-refractivity contribution in [3.05, 3.63) is 60.2 Å². The van der Waals surface area contributed by atoms with E-state index in [-0.39, 0.29) is 0 Å². The van der Waals surface area contributed by atoms with Crippen molar-refractivity contribution in [3.63, 3.8) is 0 Å². The standard InChI is InChI=1S/C22H17F3N4OS2/c23-22(24,25)15-3-5-16(6-4-15)27-28-19-13-18-21(32-19)26-20(31-18)14-1-7-17(8-2-14)29-9-11-30-12-10-29/h1-8,13H,9-12H2. The molecule has 4 aromatic rings. The van der Waals surface area contributed by atoms with Gasteiger partial charge in [-0.05, 0) is 54.6 Å². The zero-order valence-corrected chi connectivity index (χ0v) is 18.3. The number of thiophene rings is 1. The van der Waals surface area contributed by atoms with Gasteiger partial charge in [-0.3, -0.25) is 0 Å². The molecular weight excluding hydrogens is 457 g/mol. The van der Waals surface area contributed by atoms with E-state index in [1.165, 1.54) is 29.2 Å². The zero-order valence-electron chi connectivity index (χ0n) is 16.7. The Hall–Kier alpha value is -2.82. The third kappa shape index (κ3) is 4.52. The lowest BCUT2D eigenvalue weighted by Gasteiger charge is -2.28. The molecule has 5 rings (SSSR count). The van der Waals surface area contributed by atoms with Crippen molar-refractivity contribution >= 4 is 48.6 Å². The van der Waals surface area contributed by atoms with Gasteiger partial charge in [0.05, 0.1) is 29.2 Å². The third-order valence-corrected chi connectivity index (χ3v) is 7.12. The van der Waals surface area contributed by atoms with Crippen molar-refractivity contribution in [2.45, 2.75) is 6.18 Å². The highest BCUT2D eigenvalue weighted by molar-refractivity contribution is 7.30. The van der Waals surface area contributed by atoms with E-state index >= 15 is 0 Å². The molecule has 0 bridgehead atoms. The maximum absolute atomic E-state index is 12.6. The van der Waals surface area contributed by atoms with Crippen LogP contribution in [0.5, 0.6) is 0 Å². The fourth-order valence-electron chi connectivity index (χ4n) is 3.36. The van der Waals surface area contributed by atoms with Gasteiger partial charge in [-0.25, -0.2) is 4.98 Å². The van der Waals surface area contributed by atoms with Gasteiger partial charge < -0.3 is 9.64 Å². The lowest BCUT2D eigenvalue weighted by molar-refractivity contribution is -0.137. The number of ether oxygens (including phenoxy) is 1. The molecule has 0 N–H and O–H groups in total. The third-order valence-electron chi connectivity index (χ3n) is 5.03. The van der Waals surface area contributed by atoms with Crippen LogP contribution >= 0.6 is 22.7 Å². The minimum Gasteiger partial charge on any atom is -0.378 e. The van der Waals surface area contributed by atoms with Crippen molar-refractivity contribution in [2.75, 3.05) is 31.2 Å². The normalized spacial score (nSPS) is 15.2. The molecule has 2 aromatic carbocycles. The number of thiazole rings is 1. The largest absolute Gasteiger partial charge is 0.416 e. The second-order valence-electron chi connectivity index (χ2n) is 7.16. The number of benzene rings is 2. The number of hydrogen-bond donors (Lipinski definition) is 0. The Morgan fingerprint density at radius 3 is 2.28 bits per heavy atom. The summed E-state index contributed by atoms with van der Waals surface area (Å²) in [5, 5.41) is 9.79. The van der Waals surface area contributed by atoms with Crippen LogP contribution in [-0.4, -0.2) is 31.3 Å². The van der Waals surface area contributed by atoms with E-state index in [2.05, 4.69) is 39.4 Å². The summed E-state index contributed by atoms with van der Waals surface area (Å²) in [7, 11) is 0. The van der Waals surface area contributed by atoms with Gasteiger partial charge in [-0.2, -0.15) is 13.2 Å². The summed E-state index contributed by atoms with van der Waals surface area (Å²) in [5.41, 5.74) is 1.90. The van der Waals surface area contributed by atoms with Gasteiger partial charge in [0.2, 0.25) is 0 Å². The summed E-state index contributed by atoms with van der Waals surface area (Å²) in [6, 6.07) is 14.9.